The van der Waals surface area contributed by atoms with E-state index in [9.17, 15) is 4.79 Å². The zero-order chi connectivity index (χ0) is 18.9. The van der Waals surface area contributed by atoms with Crippen molar-refractivity contribution in [3.63, 3.8) is 0 Å². The lowest BCUT2D eigenvalue weighted by Gasteiger charge is -2.10. The number of carbonyl (C=O) groups is 1. The first-order valence-electron chi connectivity index (χ1n) is 9.19. The highest BCUT2D eigenvalue weighted by atomic mass is 16.5. The Morgan fingerprint density at radius 3 is 2.46 bits per heavy atom. The minimum Gasteiger partial charge on any atom is -0.483 e. The molecule has 5 aromatic rings. The van der Waals surface area contributed by atoms with Crippen LogP contribution in [0.25, 0.3) is 32.6 Å². The van der Waals surface area contributed by atoms with Gasteiger partial charge in [0.2, 0.25) is 0 Å². The summed E-state index contributed by atoms with van der Waals surface area (Å²) in [6, 6.07) is 27.8. The molecule has 0 atom stereocenters. The predicted octanol–water partition coefficient (Wildman–Crippen LogP) is 5.49. The molecule has 0 unspecified atom stereocenters. The molecule has 0 aliphatic carbocycles. The Kier molecular flexibility index (Phi) is 3.95. The number of hydrogen-bond donors (Lipinski definition) is 2. The van der Waals surface area contributed by atoms with Gasteiger partial charge < -0.3 is 15.0 Å². The number of ether oxygens (including phenoxy) is 1. The number of nitrogens with one attached hydrogen (secondary N) is 2. The molecule has 0 aliphatic heterocycles. The zero-order valence-electron chi connectivity index (χ0n) is 15.1. The van der Waals surface area contributed by atoms with E-state index in [4.69, 9.17) is 4.74 Å². The number of rotatable bonds is 4. The molecule has 1 amide bonds. The number of fused-ring (bicyclic) bond motifs is 4. The van der Waals surface area contributed by atoms with Crippen molar-refractivity contribution in [3.8, 4) is 5.75 Å². The fourth-order valence-electron chi connectivity index (χ4n) is 3.59. The number of carbonyl (C=O) groups excluding carboxylic acids is 1. The predicted molar refractivity (Wildman–Crippen MR) is 114 cm³/mol. The number of H-pyrrole nitrogens is 1. The Bertz CT molecular complexity index is 1320. The topological polar surface area (TPSA) is 54.1 Å². The van der Waals surface area contributed by atoms with E-state index in [2.05, 4.69) is 16.4 Å². The highest BCUT2D eigenvalue weighted by Crippen LogP contribution is 2.28. The van der Waals surface area contributed by atoms with E-state index in [-0.39, 0.29) is 12.5 Å². The summed E-state index contributed by atoms with van der Waals surface area (Å²) in [5.74, 6) is 0.521. The average Bonchev–Trinajstić information content (AvgIpc) is 3.10. The van der Waals surface area contributed by atoms with Crippen molar-refractivity contribution < 1.29 is 9.53 Å². The van der Waals surface area contributed by atoms with E-state index in [0.717, 1.165) is 38.3 Å². The minimum absolute atomic E-state index is 0.0417. The van der Waals surface area contributed by atoms with Crippen molar-refractivity contribution in [3.05, 3.63) is 84.9 Å². The van der Waals surface area contributed by atoms with E-state index in [1.54, 1.807) is 0 Å². The van der Waals surface area contributed by atoms with Crippen LogP contribution in [0, 0.1) is 0 Å². The van der Waals surface area contributed by atoms with E-state index >= 15 is 0 Å². The molecule has 1 aromatic heterocycles. The highest BCUT2D eigenvalue weighted by Gasteiger charge is 2.09. The molecule has 28 heavy (non-hydrogen) atoms. The average molecular weight is 366 g/mol. The molecule has 0 saturated heterocycles. The number of anilines is 1. The summed E-state index contributed by atoms with van der Waals surface area (Å²) >= 11 is 0. The van der Waals surface area contributed by atoms with Gasteiger partial charge in [-0.05, 0) is 35.7 Å². The van der Waals surface area contributed by atoms with Gasteiger partial charge in [-0.1, -0.05) is 54.6 Å². The molecule has 2 N–H and O–H groups in total. The lowest BCUT2D eigenvalue weighted by Crippen LogP contribution is -2.20. The second-order valence-corrected chi connectivity index (χ2v) is 6.75. The second-order valence-electron chi connectivity index (χ2n) is 6.75. The Morgan fingerprint density at radius 1 is 0.786 bits per heavy atom. The summed E-state index contributed by atoms with van der Waals surface area (Å²) in [6.07, 6.45) is 0. The molecule has 5 rings (SSSR count). The monoisotopic (exact) mass is 366 g/mol. The van der Waals surface area contributed by atoms with E-state index in [1.807, 2.05) is 78.9 Å². The first-order chi connectivity index (χ1) is 13.8. The number of hydrogen-bond acceptors (Lipinski definition) is 2. The summed E-state index contributed by atoms with van der Waals surface area (Å²) in [5.41, 5.74) is 2.88. The van der Waals surface area contributed by atoms with Crippen LogP contribution in [-0.4, -0.2) is 17.5 Å². The molecule has 4 aromatic carbocycles. The zero-order valence-corrected chi connectivity index (χ0v) is 15.1. The Labute approximate surface area is 161 Å². The lowest BCUT2D eigenvalue weighted by atomic mass is 10.1. The van der Waals surface area contributed by atoms with Gasteiger partial charge in [-0.25, -0.2) is 0 Å². The van der Waals surface area contributed by atoms with Crippen LogP contribution in [0.3, 0.4) is 0 Å². The maximum absolute atomic E-state index is 12.4. The van der Waals surface area contributed by atoms with E-state index in [0.29, 0.717) is 5.75 Å². The third-order valence-electron chi connectivity index (χ3n) is 4.90. The first-order valence-corrected chi connectivity index (χ1v) is 9.19. The summed E-state index contributed by atoms with van der Waals surface area (Å²) in [6.45, 7) is -0.0417. The number of para-hydroxylation sites is 1. The van der Waals surface area contributed by atoms with Gasteiger partial charge in [-0.2, -0.15) is 0 Å². The summed E-state index contributed by atoms with van der Waals surface area (Å²) in [7, 11) is 0. The summed E-state index contributed by atoms with van der Waals surface area (Å²) in [4.78, 5) is 15.8. The molecule has 0 spiro atoms. The van der Waals surface area contributed by atoms with Crippen molar-refractivity contribution >= 4 is 44.2 Å². The normalized spacial score (nSPS) is 11.1. The number of aromatic amines is 1. The van der Waals surface area contributed by atoms with Gasteiger partial charge in [0, 0.05) is 32.9 Å². The van der Waals surface area contributed by atoms with Crippen molar-refractivity contribution in [2.45, 2.75) is 0 Å². The van der Waals surface area contributed by atoms with Crippen LogP contribution in [0.5, 0.6) is 5.75 Å². The molecule has 0 saturated carbocycles. The van der Waals surface area contributed by atoms with Crippen LogP contribution < -0.4 is 10.1 Å². The van der Waals surface area contributed by atoms with Crippen LogP contribution in [0.2, 0.25) is 0 Å². The van der Waals surface area contributed by atoms with Crippen molar-refractivity contribution in [1.29, 1.82) is 0 Å². The number of benzene rings is 4. The minimum atomic E-state index is -0.188. The maximum atomic E-state index is 12.4. The van der Waals surface area contributed by atoms with Crippen LogP contribution in [0.15, 0.2) is 84.9 Å². The SMILES string of the molecule is O=C(COc1cccc2ccccc12)Nc1ccc2[nH]c3ccccc3c2c1. The number of aromatic nitrogens is 1. The molecule has 4 nitrogen and oxygen atoms in total. The van der Waals surface area contributed by atoms with Gasteiger partial charge in [0.1, 0.15) is 5.75 Å². The molecule has 0 aliphatic rings. The number of amides is 1. The van der Waals surface area contributed by atoms with Crippen LogP contribution in [-0.2, 0) is 4.79 Å². The molecular formula is C24H18N2O2. The molecule has 0 bridgehead atoms. The maximum Gasteiger partial charge on any atom is 0.262 e. The third-order valence-corrected chi connectivity index (χ3v) is 4.90. The molecule has 1 heterocycles. The van der Waals surface area contributed by atoms with Gasteiger partial charge in [-0.15, -0.1) is 0 Å². The molecular weight excluding hydrogens is 348 g/mol. The van der Waals surface area contributed by atoms with E-state index < -0.39 is 0 Å². The Morgan fingerprint density at radius 2 is 1.54 bits per heavy atom. The van der Waals surface area contributed by atoms with Crippen LogP contribution in [0.1, 0.15) is 0 Å². The Hall–Kier alpha value is -3.79. The second kappa shape index (κ2) is 6.74. The summed E-state index contributed by atoms with van der Waals surface area (Å²) in [5, 5.41) is 7.24. The lowest BCUT2D eigenvalue weighted by molar-refractivity contribution is -0.118. The molecule has 136 valence electrons. The quantitative estimate of drug-likeness (QED) is 0.442. The molecule has 0 radical (unpaired) electrons. The van der Waals surface area contributed by atoms with Gasteiger partial charge in [0.25, 0.3) is 5.91 Å². The highest BCUT2D eigenvalue weighted by molar-refractivity contribution is 6.09. The van der Waals surface area contributed by atoms with Crippen molar-refractivity contribution in [2.24, 2.45) is 0 Å². The van der Waals surface area contributed by atoms with Gasteiger partial charge in [-0.3, -0.25) is 4.79 Å². The van der Waals surface area contributed by atoms with Crippen LogP contribution >= 0.6 is 0 Å². The van der Waals surface area contributed by atoms with Crippen LogP contribution in [0.4, 0.5) is 5.69 Å². The Balaban J connectivity index is 1.34. The molecule has 0 fully saturated rings. The fraction of sp³-hybridized carbons (Fsp3) is 0.0417. The summed E-state index contributed by atoms with van der Waals surface area (Å²) < 4.78 is 5.78. The van der Waals surface area contributed by atoms with Crippen molar-refractivity contribution in [2.75, 3.05) is 11.9 Å². The molecule has 4 heteroatoms. The third kappa shape index (κ3) is 2.95. The largest absolute Gasteiger partial charge is 0.483 e. The first kappa shape index (κ1) is 16.4. The van der Waals surface area contributed by atoms with Gasteiger partial charge >= 0.3 is 0 Å². The van der Waals surface area contributed by atoms with E-state index in [1.165, 1.54) is 0 Å². The smallest absolute Gasteiger partial charge is 0.262 e. The van der Waals surface area contributed by atoms with Gasteiger partial charge in [0.15, 0.2) is 6.61 Å². The van der Waals surface area contributed by atoms with Gasteiger partial charge in [0.05, 0.1) is 0 Å². The fourth-order valence-corrected chi connectivity index (χ4v) is 3.59. The van der Waals surface area contributed by atoms with Crippen molar-refractivity contribution in [1.82, 2.24) is 4.98 Å². The standard InChI is InChI=1S/C24H18N2O2/c27-24(15-28-23-11-5-7-16-6-1-2-8-18(16)23)25-17-12-13-22-20(14-17)19-9-3-4-10-21(19)26-22/h1-14,26H,15H2,(H,25,27).